The Kier molecular flexibility index (Phi) is 6.18. The van der Waals surface area contributed by atoms with Gasteiger partial charge in [-0.15, -0.1) is 0 Å². The maximum absolute atomic E-state index is 6.15. The van der Waals surface area contributed by atoms with Gasteiger partial charge in [-0.1, -0.05) is 68.4 Å². The smallest absolute Gasteiger partial charge is 0.122 e. The molecule has 3 heteroatoms. The largest absolute Gasteiger partial charge is 0.493 e. The van der Waals surface area contributed by atoms with Gasteiger partial charge in [0.25, 0.3) is 0 Å². The number of imidazole rings is 1. The van der Waals surface area contributed by atoms with Crippen LogP contribution in [0.1, 0.15) is 48.7 Å². The lowest BCUT2D eigenvalue weighted by molar-refractivity contribution is 0.298. The fourth-order valence-corrected chi connectivity index (χ4v) is 3.98. The number of fused-ring (bicyclic) bond motifs is 1. The molecule has 0 unspecified atom stereocenters. The standard InChI is InChI=1S/C27H30N2O/c1-20(2)23-13-6-9-16-26(23)30-18-10-17-29-25-15-8-7-14-24(25)28-27(29)19-22-12-5-4-11-21(22)3/h4-9,11-16,20H,10,17-19H2,1-3H3. The lowest BCUT2D eigenvalue weighted by Gasteiger charge is -2.15. The fourth-order valence-electron chi connectivity index (χ4n) is 3.98. The van der Waals surface area contributed by atoms with E-state index in [9.17, 15) is 0 Å². The molecule has 0 fully saturated rings. The molecule has 0 spiro atoms. The second kappa shape index (κ2) is 9.17. The van der Waals surface area contributed by atoms with Crippen molar-refractivity contribution < 1.29 is 4.74 Å². The molecule has 4 rings (SSSR count). The number of para-hydroxylation sites is 3. The number of aryl methyl sites for hydroxylation is 2. The number of hydrogen-bond donors (Lipinski definition) is 0. The van der Waals surface area contributed by atoms with Crippen molar-refractivity contribution in [3.63, 3.8) is 0 Å². The molecule has 0 saturated heterocycles. The summed E-state index contributed by atoms with van der Waals surface area (Å²) in [5.41, 5.74) is 6.17. The second-order valence-corrected chi connectivity index (χ2v) is 8.17. The van der Waals surface area contributed by atoms with E-state index in [1.165, 1.54) is 22.2 Å². The lowest BCUT2D eigenvalue weighted by atomic mass is 10.0. The molecule has 0 radical (unpaired) electrons. The normalized spacial score (nSPS) is 11.3. The van der Waals surface area contributed by atoms with E-state index in [0.29, 0.717) is 12.5 Å². The van der Waals surface area contributed by atoms with E-state index >= 15 is 0 Å². The van der Waals surface area contributed by atoms with Gasteiger partial charge in [-0.3, -0.25) is 0 Å². The lowest BCUT2D eigenvalue weighted by Crippen LogP contribution is -2.09. The Labute approximate surface area is 179 Å². The van der Waals surface area contributed by atoms with Gasteiger partial charge in [0.1, 0.15) is 11.6 Å². The fraction of sp³-hybridized carbons (Fsp3) is 0.296. The quantitative estimate of drug-likeness (QED) is 0.316. The molecule has 0 aliphatic carbocycles. The minimum absolute atomic E-state index is 0.458. The van der Waals surface area contributed by atoms with Gasteiger partial charge in [-0.05, 0) is 54.2 Å². The second-order valence-electron chi connectivity index (χ2n) is 8.17. The van der Waals surface area contributed by atoms with Gasteiger partial charge in [0.05, 0.1) is 17.6 Å². The van der Waals surface area contributed by atoms with E-state index in [4.69, 9.17) is 9.72 Å². The number of ether oxygens (including phenoxy) is 1. The molecular weight excluding hydrogens is 368 g/mol. The number of benzene rings is 3. The van der Waals surface area contributed by atoms with Gasteiger partial charge >= 0.3 is 0 Å². The van der Waals surface area contributed by atoms with Crippen LogP contribution in [0.25, 0.3) is 11.0 Å². The van der Waals surface area contributed by atoms with Gasteiger partial charge in [-0.25, -0.2) is 4.98 Å². The van der Waals surface area contributed by atoms with Crippen LogP contribution >= 0.6 is 0 Å². The minimum atomic E-state index is 0.458. The summed E-state index contributed by atoms with van der Waals surface area (Å²) in [6.07, 6.45) is 1.78. The predicted molar refractivity (Wildman–Crippen MR) is 124 cm³/mol. The van der Waals surface area contributed by atoms with Crippen LogP contribution in [0.5, 0.6) is 5.75 Å². The van der Waals surface area contributed by atoms with Crippen molar-refractivity contribution in [2.45, 2.75) is 46.1 Å². The van der Waals surface area contributed by atoms with E-state index in [0.717, 1.165) is 36.5 Å². The molecule has 0 N–H and O–H groups in total. The van der Waals surface area contributed by atoms with E-state index in [-0.39, 0.29) is 0 Å². The van der Waals surface area contributed by atoms with Gasteiger partial charge in [0, 0.05) is 13.0 Å². The first-order valence-electron chi connectivity index (χ1n) is 10.8. The molecule has 0 saturated carbocycles. The van der Waals surface area contributed by atoms with Crippen molar-refractivity contribution in [1.29, 1.82) is 0 Å². The monoisotopic (exact) mass is 398 g/mol. The Balaban J connectivity index is 1.50. The third-order valence-electron chi connectivity index (χ3n) is 5.67. The Hall–Kier alpha value is -3.07. The van der Waals surface area contributed by atoms with Crippen LogP contribution in [-0.4, -0.2) is 16.2 Å². The summed E-state index contributed by atoms with van der Waals surface area (Å²) in [5.74, 6) is 2.58. The van der Waals surface area contributed by atoms with Gasteiger partial charge in [-0.2, -0.15) is 0 Å². The van der Waals surface area contributed by atoms with Crippen molar-refractivity contribution >= 4 is 11.0 Å². The highest BCUT2D eigenvalue weighted by molar-refractivity contribution is 5.76. The molecule has 0 atom stereocenters. The summed E-state index contributed by atoms with van der Waals surface area (Å²) in [6.45, 7) is 8.17. The summed E-state index contributed by atoms with van der Waals surface area (Å²) < 4.78 is 8.51. The highest BCUT2D eigenvalue weighted by atomic mass is 16.5. The number of hydrogen-bond acceptors (Lipinski definition) is 2. The summed E-state index contributed by atoms with van der Waals surface area (Å²) in [5, 5.41) is 0. The zero-order valence-corrected chi connectivity index (χ0v) is 18.1. The van der Waals surface area contributed by atoms with Gasteiger partial charge < -0.3 is 9.30 Å². The molecule has 3 nitrogen and oxygen atoms in total. The van der Waals surface area contributed by atoms with E-state index in [1.54, 1.807) is 0 Å². The minimum Gasteiger partial charge on any atom is -0.493 e. The Bertz CT molecular complexity index is 1130. The molecule has 0 aliphatic heterocycles. The molecular formula is C27H30N2O. The first-order valence-corrected chi connectivity index (χ1v) is 10.8. The van der Waals surface area contributed by atoms with E-state index in [2.05, 4.69) is 92.1 Å². The molecule has 0 bridgehead atoms. The highest BCUT2D eigenvalue weighted by Gasteiger charge is 2.12. The molecule has 3 aromatic carbocycles. The molecule has 30 heavy (non-hydrogen) atoms. The van der Waals surface area contributed by atoms with Crippen LogP contribution in [0.15, 0.2) is 72.8 Å². The maximum atomic E-state index is 6.15. The Morgan fingerprint density at radius 1 is 0.900 bits per heavy atom. The molecule has 154 valence electrons. The third-order valence-corrected chi connectivity index (χ3v) is 5.67. The van der Waals surface area contributed by atoms with E-state index in [1.807, 2.05) is 6.07 Å². The average molecular weight is 399 g/mol. The number of rotatable bonds is 8. The highest BCUT2D eigenvalue weighted by Crippen LogP contribution is 2.26. The first-order chi connectivity index (χ1) is 14.6. The number of aromatic nitrogens is 2. The Morgan fingerprint density at radius 3 is 2.47 bits per heavy atom. The van der Waals surface area contributed by atoms with Crippen molar-refractivity contribution in [3.8, 4) is 5.75 Å². The molecule has 0 amide bonds. The van der Waals surface area contributed by atoms with Crippen LogP contribution in [0.4, 0.5) is 0 Å². The molecule has 1 aromatic heterocycles. The first kappa shape index (κ1) is 20.2. The van der Waals surface area contributed by atoms with Crippen LogP contribution in [0, 0.1) is 6.92 Å². The molecule has 4 aromatic rings. The third kappa shape index (κ3) is 4.40. The SMILES string of the molecule is Cc1ccccc1Cc1nc2ccccc2n1CCCOc1ccccc1C(C)C. The van der Waals surface area contributed by atoms with Gasteiger partial charge in [0.2, 0.25) is 0 Å². The van der Waals surface area contributed by atoms with Crippen molar-refractivity contribution in [3.05, 3.63) is 95.3 Å². The molecule has 1 heterocycles. The number of nitrogens with zero attached hydrogens (tertiary/aromatic N) is 2. The van der Waals surface area contributed by atoms with Crippen molar-refractivity contribution in [2.24, 2.45) is 0 Å². The van der Waals surface area contributed by atoms with Crippen molar-refractivity contribution in [1.82, 2.24) is 9.55 Å². The summed E-state index contributed by atoms with van der Waals surface area (Å²) in [4.78, 5) is 4.95. The summed E-state index contributed by atoms with van der Waals surface area (Å²) in [6, 6.07) is 25.3. The van der Waals surface area contributed by atoms with Crippen LogP contribution in [0.2, 0.25) is 0 Å². The van der Waals surface area contributed by atoms with Crippen LogP contribution in [-0.2, 0) is 13.0 Å². The van der Waals surface area contributed by atoms with Crippen molar-refractivity contribution in [2.75, 3.05) is 6.61 Å². The topological polar surface area (TPSA) is 27.1 Å². The average Bonchev–Trinajstić information content (AvgIpc) is 3.10. The summed E-state index contributed by atoms with van der Waals surface area (Å²) >= 11 is 0. The van der Waals surface area contributed by atoms with Crippen LogP contribution < -0.4 is 4.74 Å². The van der Waals surface area contributed by atoms with Crippen LogP contribution in [0.3, 0.4) is 0 Å². The van der Waals surface area contributed by atoms with Gasteiger partial charge in [0.15, 0.2) is 0 Å². The summed E-state index contributed by atoms with van der Waals surface area (Å²) in [7, 11) is 0. The van der Waals surface area contributed by atoms with E-state index < -0.39 is 0 Å². The Morgan fingerprint density at radius 2 is 1.63 bits per heavy atom. The zero-order chi connectivity index (χ0) is 20.9. The maximum Gasteiger partial charge on any atom is 0.122 e. The zero-order valence-electron chi connectivity index (χ0n) is 18.1. The predicted octanol–water partition coefficient (Wildman–Crippen LogP) is 6.53. The molecule has 0 aliphatic rings.